The first-order chi connectivity index (χ1) is 12.2. The molecule has 0 radical (unpaired) electrons. The Bertz CT molecular complexity index is 636. The van der Waals surface area contributed by atoms with Crippen LogP contribution in [0.15, 0.2) is 12.1 Å². The second-order valence-electron chi connectivity index (χ2n) is 7.06. The van der Waals surface area contributed by atoms with Gasteiger partial charge in [0, 0.05) is 25.0 Å². The van der Waals surface area contributed by atoms with Gasteiger partial charge in [-0.05, 0) is 24.6 Å². The lowest BCUT2D eigenvalue weighted by Gasteiger charge is -2.57. The summed E-state index contributed by atoms with van der Waals surface area (Å²) in [5.41, 5.74) is 5.85. The van der Waals surface area contributed by atoms with E-state index >= 15 is 0 Å². The molecule has 2 atom stereocenters. The summed E-state index contributed by atoms with van der Waals surface area (Å²) in [6, 6.07) is 3.61. The number of carbonyl (C=O) groups excluding carboxylic acids is 1. The zero-order valence-corrected chi connectivity index (χ0v) is 16.5. The average Bonchev–Trinajstić information content (AvgIpc) is 2.64. The Morgan fingerprint density at radius 3 is 2.19 bits per heavy atom. The number of nitrogens with two attached hydrogens (primary N) is 1. The van der Waals surface area contributed by atoms with Gasteiger partial charge in [0.25, 0.3) is 0 Å². The first-order valence-corrected chi connectivity index (χ1v) is 8.72. The third kappa shape index (κ3) is 3.33. The van der Waals surface area contributed by atoms with Crippen LogP contribution in [-0.2, 0) is 16.1 Å². The van der Waals surface area contributed by atoms with E-state index in [0.29, 0.717) is 36.8 Å². The quantitative estimate of drug-likeness (QED) is 0.730. The number of carbonyl (C=O) groups is 1. The summed E-state index contributed by atoms with van der Waals surface area (Å²) in [5.74, 6) is 1.41. The van der Waals surface area contributed by atoms with E-state index in [1.807, 2.05) is 20.8 Å². The Hall–Kier alpha value is -1.99. The first kappa shape index (κ1) is 20.3. The summed E-state index contributed by atoms with van der Waals surface area (Å²) < 4.78 is 21.7. The fourth-order valence-corrected chi connectivity index (χ4v) is 3.40. The van der Waals surface area contributed by atoms with Crippen molar-refractivity contribution in [1.82, 2.24) is 5.32 Å². The van der Waals surface area contributed by atoms with Crippen LogP contribution in [0.25, 0.3) is 0 Å². The standard InChI is InChI=1S/C19H30N2O5/c1-7-26-15-10-19(20,18(15,2)3)17(22)21-11-12-8-13(23-4)16(25-6)14(9-12)24-5/h8-9,15H,7,10-11,20H2,1-6H3,(H,21,22). The van der Waals surface area contributed by atoms with Gasteiger partial charge in [0.2, 0.25) is 11.7 Å². The van der Waals surface area contributed by atoms with Gasteiger partial charge in [-0.25, -0.2) is 0 Å². The highest BCUT2D eigenvalue weighted by Gasteiger charge is 2.62. The van der Waals surface area contributed by atoms with Crippen molar-refractivity contribution in [3.63, 3.8) is 0 Å². The molecule has 1 aromatic rings. The minimum Gasteiger partial charge on any atom is -0.493 e. The van der Waals surface area contributed by atoms with Crippen LogP contribution in [0.2, 0.25) is 0 Å². The van der Waals surface area contributed by atoms with Gasteiger partial charge in [0.1, 0.15) is 5.54 Å². The van der Waals surface area contributed by atoms with Gasteiger partial charge in [-0.2, -0.15) is 0 Å². The van der Waals surface area contributed by atoms with Gasteiger partial charge < -0.3 is 30.0 Å². The molecule has 0 heterocycles. The number of rotatable bonds is 8. The summed E-state index contributed by atoms with van der Waals surface area (Å²) >= 11 is 0. The Morgan fingerprint density at radius 2 is 1.77 bits per heavy atom. The van der Waals surface area contributed by atoms with E-state index < -0.39 is 11.0 Å². The molecule has 0 aliphatic heterocycles. The van der Waals surface area contributed by atoms with Gasteiger partial charge in [-0.3, -0.25) is 4.79 Å². The van der Waals surface area contributed by atoms with Gasteiger partial charge in [-0.1, -0.05) is 13.8 Å². The highest BCUT2D eigenvalue weighted by Crippen LogP contribution is 2.49. The van der Waals surface area contributed by atoms with E-state index in [1.165, 1.54) is 0 Å². The largest absolute Gasteiger partial charge is 0.493 e. The van der Waals surface area contributed by atoms with Crippen LogP contribution in [0.4, 0.5) is 0 Å². The SMILES string of the molecule is CCOC1CC(N)(C(=O)NCc2cc(OC)c(OC)c(OC)c2)C1(C)C. The van der Waals surface area contributed by atoms with E-state index in [2.05, 4.69) is 5.32 Å². The fourth-order valence-electron chi connectivity index (χ4n) is 3.40. The number of hydrogen-bond acceptors (Lipinski definition) is 6. The zero-order valence-electron chi connectivity index (χ0n) is 16.5. The molecule has 0 aromatic heterocycles. The molecule has 2 unspecified atom stereocenters. The van der Waals surface area contributed by atoms with Crippen LogP contribution >= 0.6 is 0 Å². The third-order valence-electron chi connectivity index (χ3n) is 5.41. The molecule has 3 N–H and O–H groups in total. The van der Waals surface area contributed by atoms with E-state index in [-0.39, 0.29) is 12.0 Å². The molecule has 1 aliphatic rings. The molecule has 0 bridgehead atoms. The maximum Gasteiger partial charge on any atom is 0.241 e. The van der Waals surface area contributed by atoms with Crippen LogP contribution in [0.3, 0.4) is 0 Å². The fraction of sp³-hybridized carbons (Fsp3) is 0.632. The van der Waals surface area contributed by atoms with Crippen molar-refractivity contribution in [2.45, 2.75) is 45.4 Å². The van der Waals surface area contributed by atoms with Crippen LogP contribution in [0.1, 0.15) is 32.8 Å². The summed E-state index contributed by atoms with van der Waals surface area (Å²) in [6.07, 6.45) is 0.499. The molecule has 1 aromatic carbocycles. The van der Waals surface area contributed by atoms with E-state index in [1.54, 1.807) is 33.5 Å². The smallest absolute Gasteiger partial charge is 0.241 e. The van der Waals surface area contributed by atoms with Gasteiger partial charge in [0.15, 0.2) is 11.5 Å². The molecular weight excluding hydrogens is 336 g/mol. The lowest BCUT2D eigenvalue weighted by molar-refractivity contribution is -0.170. The molecule has 26 heavy (non-hydrogen) atoms. The number of amides is 1. The third-order valence-corrected chi connectivity index (χ3v) is 5.41. The lowest BCUT2D eigenvalue weighted by Crippen LogP contribution is -2.75. The van der Waals surface area contributed by atoms with Crippen molar-refractivity contribution in [1.29, 1.82) is 0 Å². The van der Waals surface area contributed by atoms with Crippen molar-refractivity contribution in [2.75, 3.05) is 27.9 Å². The minimum atomic E-state index is -0.951. The molecule has 7 nitrogen and oxygen atoms in total. The van der Waals surface area contributed by atoms with Crippen molar-refractivity contribution < 1.29 is 23.7 Å². The van der Waals surface area contributed by atoms with Crippen molar-refractivity contribution in [3.8, 4) is 17.2 Å². The zero-order chi connectivity index (χ0) is 19.5. The van der Waals surface area contributed by atoms with Crippen molar-refractivity contribution >= 4 is 5.91 Å². The highest BCUT2D eigenvalue weighted by atomic mass is 16.5. The molecular formula is C19H30N2O5. The summed E-state index contributed by atoms with van der Waals surface area (Å²) in [7, 11) is 4.66. The second kappa shape index (κ2) is 7.72. The molecule has 7 heteroatoms. The van der Waals surface area contributed by atoms with Crippen LogP contribution in [-0.4, -0.2) is 45.5 Å². The predicted molar refractivity (Wildman–Crippen MR) is 98.7 cm³/mol. The Kier molecular flexibility index (Phi) is 6.03. The topological polar surface area (TPSA) is 92.0 Å². The normalized spacial score (nSPS) is 23.7. The van der Waals surface area contributed by atoms with Crippen molar-refractivity contribution in [2.24, 2.45) is 11.1 Å². The molecule has 0 saturated heterocycles. The van der Waals surface area contributed by atoms with Crippen LogP contribution in [0, 0.1) is 5.41 Å². The number of ether oxygens (including phenoxy) is 4. The molecule has 1 amide bonds. The Balaban J connectivity index is 2.10. The maximum absolute atomic E-state index is 12.7. The van der Waals surface area contributed by atoms with E-state index in [0.717, 1.165) is 5.56 Å². The predicted octanol–water partition coefficient (Wildman–Crippen LogP) is 1.86. The summed E-state index contributed by atoms with van der Waals surface area (Å²) in [6.45, 7) is 6.80. The molecule has 0 spiro atoms. The van der Waals surface area contributed by atoms with Crippen LogP contribution < -0.4 is 25.3 Å². The minimum absolute atomic E-state index is 0.00979. The van der Waals surface area contributed by atoms with Crippen molar-refractivity contribution in [3.05, 3.63) is 17.7 Å². The number of nitrogens with one attached hydrogen (secondary N) is 1. The number of benzene rings is 1. The van der Waals surface area contributed by atoms with Gasteiger partial charge in [0.05, 0.1) is 27.4 Å². The molecule has 1 saturated carbocycles. The number of methoxy groups -OCH3 is 3. The van der Waals surface area contributed by atoms with E-state index in [4.69, 9.17) is 24.7 Å². The number of hydrogen-bond donors (Lipinski definition) is 2. The Morgan fingerprint density at radius 1 is 1.19 bits per heavy atom. The summed E-state index contributed by atoms with van der Waals surface area (Å²) in [4.78, 5) is 12.7. The van der Waals surface area contributed by atoms with Gasteiger partial charge in [-0.15, -0.1) is 0 Å². The summed E-state index contributed by atoms with van der Waals surface area (Å²) in [5, 5.41) is 2.93. The molecule has 2 rings (SSSR count). The monoisotopic (exact) mass is 366 g/mol. The lowest BCUT2D eigenvalue weighted by atomic mass is 9.54. The first-order valence-electron chi connectivity index (χ1n) is 8.72. The van der Waals surface area contributed by atoms with Crippen LogP contribution in [0.5, 0.6) is 17.2 Å². The molecule has 1 fully saturated rings. The maximum atomic E-state index is 12.7. The molecule has 146 valence electrons. The van der Waals surface area contributed by atoms with E-state index in [9.17, 15) is 4.79 Å². The van der Waals surface area contributed by atoms with Gasteiger partial charge >= 0.3 is 0 Å². The second-order valence-corrected chi connectivity index (χ2v) is 7.06. The Labute approximate surface area is 155 Å². The molecule has 1 aliphatic carbocycles. The average molecular weight is 366 g/mol. The highest BCUT2D eigenvalue weighted by molar-refractivity contribution is 5.88.